The molecule has 0 bridgehead atoms. The van der Waals surface area contributed by atoms with E-state index in [-0.39, 0.29) is 5.41 Å². The summed E-state index contributed by atoms with van der Waals surface area (Å²) in [7, 11) is 0. The second-order valence-electron chi connectivity index (χ2n) is 11.4. The molecule has 7 heteroatoms. The Labute approximate surface area is 233 Å². The van der Waals surface area contributed by atoms with E-state index >= 15 is 0 Å². The Morgan fingerprint density at radius 1 is 1.13 bits per heavy atom. The lowest BCUT2D eigenvalue weighted by molar-refractivity contribution is -0.144. The van der Waals surface area contributed by atoms with Gasteiger partial charge >= 0.3 is 5.97 Å². The molecule has 0 saturated heterocycles. The molecule has 1 aromatic heterocycles. The van der Waals surface area contributed by atoms with Crippen molar-refractivity contribution in [3.63, 3.8) is 0 Å². The van der Waals surface area contributed by atoms with Crippen LogP contribution in [0.2, 0.25) is 5.02 Å². The summed E-state index contributed by atoms with van der Waals surface area (Å²) in [5, 5.41) is 14.3. The number of hydrogen-bond donors (Lipinski definition) is 2. The molecular weight excluding hydrogens is 515 g/mol. The molecule has 0 radical (unpaired) electrons. The van der Waals surface area contributed by atoms with Crippen LogP contribution in [0.3, 0.4) is 0 Å². The fraction of sp³-hybridized carbons (Fsp3) is 0.438. The van der Waals surface area contributed by atoms with Gasteiger partial charge in [-0.2, -0.15) is 0 Å². The molecule has 3 aliphatic carbocycles. The van der Waals surface area contributed by atoms with E-state index in [1.807, 2.05) is 18.2 Å². The second-order valence-corrected chi connectivity index (χ2v) is 11.8. The summed E-state index contributed by atoms with van der Waals surface area (Å²) < 4.78 is 20.2. The third kappa shape index (κ3) is 4.77. The summed E-state index contributed by atoms with van der Waals surface area (Å²) in [6.45, 7) is 0.575. The molecule has 2 atom stereocenters. The number of fused-ring (bicyclic) bond motifs is 3. The number of carboxylic acids is 1. The molecule has 6 rings (SSSR count). The molecule has 2 aromatic carbocycles. The van der Waals surface area contributed by atoms with Crippen molar-refractivity contribution in [1.82, 2.24) is 4.98 Å². The summed E-state index contributed by atoms with van der Waals surface area (Å²) in [4.78, 5) is 16.8. The Hall–Kier alpha value is -3.12. The quantitative estimate of drug-likeness (QED) is 0.286. The Bertz CT molecular complexity index is 1370. The summed E-state index contributed by atoms with van der Waals surface area (Å²) in [6, 6.07) is 17.8. The van der Waals surface area contributed by atoms with E-state index in [2.05, 4.69) is 34.6 Å². The molecule has 1 saturated carbocycles. The predicted octanol–water partition coefficient (Wildman–Crippen LogP) is 7.47. The van der Waals surface area contributed by atoms with E-state index in [0.29, 0.717) is 48.9 Å². The second kappa shape index (κ2) is 10.5. The number of carboxylic acid groups (broad SMARTS) is 1. The minimum absolute atomic E-state index is 0.0368. The van der Waals surface area contributed by atoms with Gasteiger partial charge in [0.05, 0.1) is 12.3 Å². The van der Waals surface area contributed by atoms with Gasteiger partial charge in [-0.05, 0) is 105 Å². The highest BCUT2D eigenvalue weighted by molar-refractivity contribution is 6.30. The van der Waals surface area contributed by atoms with Crippen LogP contribution in [0.4, 0.5) is 10.1 Å². The SMILES string of the molecule is O=C(O)C1(Nc2cccc(Cl)c2)CCC2(CC1)c1ccccc1CC2CCCOc1ccnc2c1CCC2F. The number of halogens is 2. The van der Waals surface area contributed by atoms with Crippen LogP contribution in [0, 0.1) is 5.92 Å². The Balaban J connectivity index is 1.16. The van der Waals surface area contributed by atoms with Gasteiger partial charge in [0.2, 0.25) is 0 Å². The van der Waals surface area contributed by atoms with Gasteiger partial charge in [0, 0.05) is 22.5 Å². The number of rotatable bonds is 8. The fourth-order valence-electron chi connectivity index (χ4n) is 7.34. The molecule has 3 aromatic rings. The van der Waals surface area contributed by atoms with Crippen LogP contribution in [0.5, 0.6) is 5.75 Å². The Morgan fingerprint density at radius 2 is 1.95 bits per heavy atom. The number of ether oxygens (including phenoxy) is 1. The van der Waals surface area contributed by atoms with Gasteiger partial charge in [-0.1, -0.05) is 41.9 Å². The van der Waals surface area contributed by atoms with Crippen LogP contribution in [0.1, 0.15) is 73.5 Å². The molecule has 0 aliphatic heterocycles. The number of aliphatic carboxylic acids is 1. The molecule has 5 nitrogen and oxygen atoms in total. The number of carbonyl (C=O) groups is 1. The first kappa shape index (κ1) is 26.1. The summed E-state index contributed by atoms with van der Waals surface area (Å²) in [5.41, 5.74) is 3.91. The summed E-state index contributed by atoms with van der Waals surface area (Å²) in [5.74, 6) is 0.379. The maximum absolute atomic E-state index is 14.1. The molecule has 1 heterocycles. The number of aromatic nitrogens is 1. The van der Waals surface area contributed by atoms with Crippen LogP contribution in [-0.4, -0.2) is 28.2 Å². The van der Waals surface area contributed by atoms with Gasteiger partial charge in [-0.25, -0.2) is 9.18 Å². The zero-order valence-electron chi connectivity index (χ0n) is 22.0. The zero-order valence-corrected chi connectivity index (χ0v) is 22.7. The predicted molar refractivity (Wildman–Crippen MR) is 150 cm³/mol. The van der Waals surface area contributed by atoms with Crippen LogP contribution in [0.25, 0.3) is 0 Å². The van der Waals surface area contributed by atoms with E-state index in [0.717, 1.165) is 49.1 Å². The smallest absolute Gasteiger partial charge is 0.329 e. The number of nitrogens with zero attached hydrogens (tertiary/aromatic N) is 1. The van der Waals surface area contributed by atoms with Gasteiger partial charge in [0.15, 0.2) is 0 Å². The lowest BCUT2D eigenvalue weighted by atomic mass is 9.60. The summed E-state index contributed by atoms with van der Waals surface area (Å²) >= 11 is 6.18. The number of nitrogens with one attached hydrogen (secondary N) is 1. The topological polar surface area (TPSA) is 71.5 Å². The number of alkyl halides is 1. The molecule has 1 spiro atoms. The molecular formula is C32H34ClFN2O3. The third-order valence-electron chi connectivity index (χ3n) is 9.36. The first-order chi connectivity index (χ1) is 18.9. The van der Waals surface area contributed by atoms with Crippen LogP contribution < -0.4 is 10.1 Å². The minimum atomic E-state index is -1.02. The molecule has 39 heavy (non-hydrogen) atoms. The van der Waals surface area contributed by atoms with E-state index in [9.17, 15) is 14.3 Å². The molecule has 2 N–H and O–H groups in total. The molecule has 2 unspecified atom stereocenters. The highest BCUT2D eigenvalue weighted by Crippen LogP contribution is 2.55. The van der Waals surface area contributed by atoms with Gasteiger partial charge < -0.3 is 15.2 Å². The first-order valence-electron chi connectivity index (χ1n) is 14.0. The van der Waals surface area contributed by atoms with Crippen molar-refractivity contribution in [2.75, 3.05) is 11.9 Å². The van der Waals surface area contributed by atoms with Gasteiger partial charge in [0.25, 0.3) is 0 Å². The zero-order chi connectivity index (χ0) is 27.0. The minimum Gasteiger partial charge on any atom is -0.493 e. The van der Waals surface area contributed by atoms with Crippen molar-refractivity contribution in [2.45, 2.75) is 74.9 Å². The van der Waals surface area contributed by atoms with Gasteiger partial charge in [0.1, 0.15) is 17.5 Å². The lowest BCUT2D eigenvalue weighted by Gasteiger charge is -2.47. The largest absolute Gasteiger partial charge is 0.493 e. The van der Waals surface area contributed by atoms with Crippen molar-refractivity contribution in [3.8, 4) is 5.75 Å². The van der Waals surface area contributed by atoms with Gasteiger partial charge in [-0.15, -0.1) is 0 Å². The summed E-state index contributed by atoms with van der Waals surface area (Å²) in [6.07, 6.45) is 7.42. The number of hydrogen-bond acceptors (Lipinski definition) is 4. The van der Waals surface area contributed by atoms with E-state index in [1.165, 1.54) is 11.1 Å². The first-order valence-corrected chi connectivity index (χ1v) is 14.4. The number of anilines is 1. The van der Waals surface area contributed by atoms with E-state index in [4.69, 9.17) is 16.3 Å². The van der Waals surface area contributed by atoms with E-state index < -0.39 is 17.7 Å². The lowest BCUT2D eigenvalue weighted by Crippen LogP contribution is -2.53. The van der Waals surface area contributed by atoms with Gasteiger partial charge in [-0.3, -0.25) is 4.98 Å². The number of pyridine rings is 1. The average molecular weight is 549 g/mol. The molecule has 204 valence electrons. The molecule has 3 aliphatic rings. The maximum Gasteiger partial charge on any atom is 0.329 e. The van der Waals surface area contributed by atoms with Crippen molar-refractivity contribution < 1.29 is 19.0 Å². The normalized spacial score (nSPS) is 27.2. The van der Waals surface area contributed by atoms with Crippen LogP contribution >= 0.6 is 11.6 Å². The van der Waals surface area contributed by atoms with Crippen molar-refractivity contribution in [3.05, 3.63) is 88.2 Å². The Morgan fingerprint density at radius 3 is 2.74 bits per heavy atom. The van der Waals surface area contributed by atoms with Crippen molar-refractivity contribution in [1.29, 1.82) is 0 Å². The van der Waals surface area contributed by atoms with Crippen molar-refractivity contribution in [2.24, 2.45) is 5.92 Å². The Kier molecular flexibility index (Phi) is 7.00. The third-order valence-corrected chi connectivity index (χ3v) is 9.60. The fourth-order valence-corrected chi connectivity index (χ4v) is 7.53. The molecule has 1 fully saturated rings. The molecule has 0 amide bonds. The van der Waals surface area contributed by atoms with Crippen molar-refractivity contribution >= 4 is 23.3 Å². The van der Waals surface area contributed by atoms with Crippen LogP contribution in [-0.2, 0) is 23.1 Å². The highest BCUT2D eigenvalue weighted by Gasteiger charge is 2.53. The average Bonchev–Trinajstić information content (AvgIpc) is 3.46. The standard InChI is InChI=1S/C32H34ClFN2O3/c33-23-7-3-8-24(20-23)36-32(30(37)38)15-13-31(14-16-32)22(19-21-5-1-2-9-26(21)31)6-4-18-39-28-12-17-35-29-25(28)10-11-27(29)34/h1-3,5,7-9,12,17,20,22,27,36H,4,6,10-11,13-16,18-19H2,(H,37,38). The van der Waals surface area contributed by atoms with E-state index in [1.54, 1.807) is 18.3 Å². The maximum atomic E-state index is 14.1. The number of benzene rings is 2. The highest BCUT2D eigenvalue weighted by atomic mass is 35.5. The van der Waals surface area contributed by atoms with Crippen LogP contribution in [0.15, 0.2) is 60.8 Å². The monoisotopic (exact) mass is 548 g/mol.